The summed E-state index contributed by atoms with van der Waals surface area (Å²) in [4.78, 5) is 0. The van der Waals surface area contributed by atoms with Crippen molar-refractivity contribution in [2.75, 3.05) is 12.3 Å². The van der Waals surface area contributed by atoms with E-state index in [-0.39, 0.29) is 11.8 Å². The van der Waals surface area contributed by atoms with Gasteiger partial charge in [-0.2, -0.15) is 0 Å². The monoisotopic (exact) mass is 315 g/mol. The van der Waals surface area contributed by atoms with Crippen molar-refractivity contribution in [3.05, 3.63) is 17.5 Å². The summed E-state index contributed by atoms with van der Waals surface area (Å²) in [5.41, 5.74) is 0. The number of hydrogen-bond donors (Lipinski definition) is 1. The Bertz CT molecular complexity index is 476. The first-order chi connectivity index (χ1) is 9.63. The number of sulfone groups is 1. The third-order valence-corrected chi connectivity index (χ3v) is 7.34. The van der Waals surface area contributed by atoms with E-state index >= 15 is 0 Å². The third-order valence-electron chi connectivity index (χ3n) is 4.08. The Morgan fingerprint density at radius 1 is 1.35 bits per heavy atom. The Kier molecular flexibility index (Phi) is 6.05. The lowest BCUT2D eigenvalue weighted by Crippen LogP contribution is -2.42. The van der Waals surface area contributed by atoms with Gasteiger partial charge in [-0.15, -0.1) is 11.3 Å². The van der Waals surface area contributed by atoms with Gasteiger partial charge >= 0.3 is 0 Å². The Hall–Kier alpha value is -0.390. The van der Waals surface area contributed by atoms with Crippen molar-refractivity contribution in [2.45, 2.75) is 55.7 Å². The van der Waals surface area contributed by atoms with Gasteiger partial charge in [0.2, 0.25) is 0 Å². The second kappa shape index (κ2) is 7.57. The van der Waals surface area contributed by atoms with Gasteiger partial charge in [-0.3, -0.25) is 0 Å². The summed E-state index contributed by atoms with van der Waals surface area (Å²) in [6, 6.07) is 3.65. The first kappa shape index (κ1) is 16.0. The molecular weight excluding hydrogens is 290 g/mol. The largest absolute Gasteiger partial charge is 0.313 e. The standard InChI is InChI=1S/C15H25NO2S2/c1-2-10-16-14(13-7-4-3-5-8-13)12-20(17,18)15-9-6-11-19-15/h6,9,11,13-14,16H,2-5,7-8,10,12H2,1H3. The molecule has 1 saturated carbocycles. The lowest BCUT2D eigenvalue weighted by Gasteiger charge is -2.30. The summed E-state index contributed by atoms with van der Waals surface area (Å²) < 4.78 is 25.5. The SMILES string of the molecule is CCCNC(CS(=O)(=O)c1cccs1)C1CCCCC1. The number of thiophene rings is 1. The van der Waals surface area contributed by atoms with E-state index < -0.39 is 9.84 Å². The van der Waals surface area contributed by atoms with Crippen molar-refractivity contribution in [3.8, 4) is 0 Å². The van der Waals surface area contributed by atoms with Crippen LogP contribution in [0.1, 0.15) is 45.4 Å². The molecule has 1 aliphatic carbocycles. The van der Waals surface area contributed by atoms with Gasteiger partial charge in [0.25, 0.3) is 0 Å². The predicted octanol–water partition coefficient (Wildman–Crippen LogP) is 3.47. The summed E-state index contributed by atoms with van der Waals surface area (Å²) in [7, 11) is -3.14. The van der Waals surface area contributed by atoms with E-state index in [1.165, 1.54) is 43.4 Å². The zero-order chi connectivity index (χ0) is 14.4. The molecule has 3 nitrogen and oxygen atoms in total. The Labute approximate surface area is 126 Å². The quantitative estimate of drug-likeness (QED) is 0.838. The lowest BCUT2D eigenvalue weighted by molar-refractivity contribution is 0.283. The van der Waals surface area contributed by atoms with Crippen molar-refractivity contribution >= 4 is 21.2 Å². The van der Waals surface area contributed by atoms with E-state index in [1.807, 2.05) is 11.4 Å². The van der Waals surface area contributed by atoms with Crippen LogP contribution in [0, 0.1) is 5.92 Å². The minimum atomic E-state index is -3.14. The van der Waals surface area contributed by atoms with Gasteiger partial charge in [0.05, 0.1) is 5.75 Å². The van der Waals surface area contributed by atoms with E-state index in [4.69, 9.17) is 0 Å². The van der Waals surface area contributed by atoms with E-state index in [0.717, 1.165) is 13.0 Å². The fraction of sp³-hybridized carbons (Fsp3) is 0.733. The molecule has 1 aromatic rings. The van der Waals surface area contributed by atoms with E-state index in [9.17, 15) is 8.42 Å². The molecule has 20 heavy (non-hydrogen) atoms. The second-order valence-electron chi connectivity index (χ2n) is 5.67. The van der Waals surface area contributed by atoms with Crippen LogP contribution in [0.15, 0.2) is 21.7 Å². The van der Waals surface area contributed by atoms with Crippen LogP contribution in [0.25, 0.3) is 0 Å². The molecule has 1 atom stereocenters. The highest BCUT2D eigenvalue weighted by Crippen LogP contribution is 2.29. The van der Waals surface area contributed by atoms with Gasteiger partial charge in [-0.1, -0.05) is 32.3 Å². The zero-order valence-corrected chi connectivity index (χ0v) is 13.8. The molecule has 0 radical (unpaired) electrons. The van der Waals surface area contributed by atoms with Gasteiger partial charge in [0.15, 0.2) is 9.84 Å². The van der Waals surface area contributed by atoms with Gasteiger partial charge in [0.1, 0.15) is 4.21 Å². The molecule has 114 valence electrons. The molecule has 1 aromatic heterocycles. The van der Waals surface area contributed by atoms with Crippen LogP contribution in [0.3, 0.4) is 0 Å². The Morgan fingerprint density at radius 3 is 2.70 bits per heavy atom. The summed E-state index contributed by atoms with van der Waals surface area (Å²) in [6.45, 7) is 3.03. The molecule has 1 fully saturated rings. The zero-order valence-electron chi connectivity index (χ0n) is 12.2. The molecule has 1 N–H and O–H groups in total. The second-order valence-corrected chi connectivity index (χ2v) is 8.88. The molecule has 5 heteroatoms. The summed E-state index contributed by atoms with van der Waals surface area (Å²) >= 11 is 1.33. The van der Waals surface area contributed by atoms with Crippen LogP contribution in [-0.2, 0) is 9.84 Å². The van der Waals surface area contributed by atoms with Crippen molar-refractivity contribution in [1.29, 1.82) is 0 Å². The maximum Gasteiger partial charge on any atom is 0.189 e. The van der Waals surface area contributed by atoms with Crippen LogP contribution in [-0.4, -0.2) is 26.8 Å². The van der Waals surface area contributed by atoms with Crippen LogP contribution < -0.4 is 5.32 Å². The fourth-order valence-corrected chi connectivity index (χ4v) is 5.71. The van der Waals surface area contributed by atoms with Gasteiger partial charge in [-0.25, -0.2) is 8.42 Å². The molecule has 1 aliphatic rings. The molecule has 1 heterocycles. The van der Waals surface area contributed by atoms with Gasteiger partial charge in [-0.05, 0) is 43.2 Å². The summed E-state index contributed by atoms with van der Waals surface area (Å²) in [6.07, 6.45) is 7.17. The highest BCUT2D eigenvalue weighted by atomic mass is 32.2. The van der Waals surface area contributed by atoms with Crippen LogP contribution in [0.4, 0.5) is 0 Å². The average molecular weight is 316 g/mol. The number of hydrogen-bond acceptors (Lipinski definition) is 4. The van der Waals surface area contributed by atoms with Crippen molar-refractivity contribution in [2.24, 2.45) is 5.92 Å². The van der Waals surface area contributed by atoms with Crippen molar-refractivity contribution in [1.82, 2.24) is 5.32 Å². The lowest BCUT2D eigenvalue weighted by atomic mass is 9.84. The molecule has 0 spiro atoms. The van der Waals surface area contributed by atoms with E-state index in [2.05, 4.69) is 12.2 Å². The van der Waals surface area contributed by atoms with E-state index in [0.29, 0.717) is 10.1 Å². The Morgan fingerprint density at radius 2 is 2.10 bits per heavy atom. The molecular formula is C15H25NO2S2. The Balaban J connectivity index is 2.06. The van der Waals surface area contributed by atoms with Gasteiger partial charge < -0.3 is 5.32 Å². The molecule has 0 aliphatic heterocycles. The maximum absolute atomic E-state index is 12.5. The molecule has 1 unspecified atom stereocenters. The minimum absolute atomic E-state index is 0.113. The van der Waals surface area contributed by atoms with Crippen LogP contribution >= 0.6 is 11.3 Å². The van der Waals surface area contributed by atoms with Gasteiger partial charge in [0, 0.05) is 6.04 Å². The first-order valence-electron chi connectivity index (χ1n) is 7.63. The van der Waals surface area contributed by atoms with Crippen molar-refractivity contribution < 1.29 is 8.42 Å². The fourth-order valence-electron chi connectivity index (χ4n) is 2.99. The molecule has 0 aromatic carbocycles. The molecule has 0 amide bonds. The summed E-state index contributed by atoms with van der Waals surface area (Å²) in [5.74, 6) is 0.767. The highest BCUT2D eigenvalue weighted by Gasteiger charge is 2.29. The smallest absolute Gasteiger partial charge is 0.189 e. The summed E-state index contributed by atoms with van der Waals surface area (Å²) in [5, 5.41) is 5.32. The average Bonchev–Trinajstić information content (AvgIpc) is 2.99. The number of nitrogens with one attached hydrogen (secondary N) is 1. The predicted molar refractivity (Wildman–Crippen MR) is 85.0 cm³/mol. The normalized spacial score (nSPS) is 19.1. The maximum atomic E-state index is 12.5. The molecule has 0 saturated heterocycles. The number of rotatable bonds is 7. The van der Waals surface area contributed by atoms with Crippen LogP contribution in [0.5, 0.6) is 0 Å². The van der Waals surface area contributed by atoms with Crippen LogP contribution in [0.2, 0.25) is 0 Å². The topological polar surface area (TPSA) is 46.2 Å². The molecule has 0 bridgehead atoms. The first-order valence-corrected chi connectivity index (χ1v) is 10.2. The molecule has 2 rings (SSSR count). The third kappa shape index (κ3) is 4.30. The van der Waals surface area contributed by atoms with Crippen molar-refractivity contribution in [3.63, 3.8) is 0 Å². The minimum Gasteiger partial charge on any atom is -0.313 e. The highest BCUT2D eigenvalue weighted by molar-refractivity contribution is 7.93. The van der Waals surface area contributed by atoms with E-state index in [1.54, 1.807) is 6.07 Å².